The third-order valence-corrected chi connectivity index (χ3v) is 11.6. The standard InChI is InChI=1S/C35H48O10/c1-9-42-23-15-24-34(40,17-43-24)27-29(45-31(39)21-13-11-10-12-14-21)35(41)16-22(44-30(38)19(4)18(2)3)20(5)25(32(35,6)7)26(36)28(37)33(23,27)8/h10-14,18-19,22-24,26-27,29,36,40-41H,9,15-17H2,1-8H3/t19-,22?,23?,24?,26?,27?,29?,33-,34?,35?/m1/s1. The number of rotatable bonds is 7. The molecule has 0 spiro atoms. The number of aliphatic hydroxyl groups is 3. The molecule has 248 valence electrons. The smallest absolute Gasteiger partial charge is 0.338 e. The number of carbonyl (C=O) groups is 3. The molecule has 10 heteroatoms. The first-order valence-electron chi connectivity index (χ1n) is 16.0. The fourth-order valence-corrected chi connectivity index (χ4v) is 8.32. The number of ketones is 1. The van der Waals surface area contributed by atoms with E-state index in [2.05, 4.69) is 0 Å². The first-order valence-corrected chi connectivity index (χ1v) is 16.0. The zero-order valence-electron chi connectivity index (χ0n) is 27.5. The molecule has 4 aliphatic rings. The zero-order chi connectivity index (χ0) is 33.3. The number of benzene rings is 1. The number of esters is 2. The van der Waals surface area contributed by atoms with Gasteiger partial charge >= 0.3 is 11.9 Å². The van der Waals surface area contributed by atoms with Gasteiger partial charge in [-0.1, -0.05) is 52.8 Å². The maximum absolute atomic E-state index is 14.8. The number of ether oxygens (including phenoxy) is 4. The number of Topliss-reactive ketones (excluding diaryl/α,β-unsaturated/α-hetero) is 1. The van der Waals surface area contributed by atoms with Crippen molar-refractivity contribution >= 4 is 17.7 Å². The van der Waals surface area contributed by atoms with Crippen LogP contribution in [0, 0.1) is 28.6 Å². The molecule has 1 aliphatic heterocycles. The topological polar surface area (TPSA) is 149 Å². The number of hydrogen-bond donors (Lipinski definition) is 3. The maximum Gasteiger partial charge on any atom is 0.338 e. The fourth-order valence-electron chi connectivity index (χ4n) is 8.32. The molecular formula is C35H48O10. The average Bonchev–Trinajstić information content (AvgIpc) is 2.98. The van der Waals surface area contributed by atoms with Crippen molar-refractivity contribution in [3.8, 4) is 0 Å². The van der Waals surface area contributed by atoms with E-state index in [1.807, 2.05) is 13.8 Å². The molecular weight excluding hydrogens is 580 g/mol. The molecule has 2 bridgehead atoms. The third kappa shape index (κ3) is 4.90. The van der Waals surface area contributed by atoms with Crippen molar-refractivity contribution < 1.29 is 48.7 Å². The van der Waals surface area contributed by atoms with Crippen molar-refractivity contribution in [3.05, 3.63) is 47.0 Å². The number of aliphatic hydroxyl groups excluding tert-OH is 1. The lowest BCUT2D eigenvalue weighted by molar-refractivity contribution is -0.346. The molecule has 8 unspecified atom stereocenters. The molecule has 3 aliphatic carbocycles. The SMILES string of the molecule is CCOC1CC2OCC2(O)C2C(OC(=O)c3ccccc3)C3(O)CC(OC(=O)[C@H](C)C(C)C)C(C)=C(C(O)C(=O)[C@]12C)C3(C)C. The Morgan fingerprint density at radius 1 is 1.07 bits per heavy atom. The van der Waals surface area contributed by atoms with E-state index in [9.17, 15) is 29.7 Å². The van der Waals surface area contributed by atoms with Gasteiger partial charge in [0.25, 0.3) is 0 Å². The second-order valence-corrected chi connectivity index (χ2v) is 14.5. The van der Waals surface area contributed by atoms with Crippen LogP contribution >= 0.6 is 0 Å². The van der Waals surface area contributed by atoms with Crippen LogP contribution in [0.15, 0.2) is 41.5 Å². The van der Waals surface area contributed by atoms with Crippen molar-refractivity contribution in [1.82, 2.24) is 0 Å². The van der Waals surface area contributed by atoms with Crippen LogP contribution in [0.4, 0.5) is 0 Å². The second kappa shape index (κ2) is 11.6. The van der Waals surface area contributed by atoms with Crippen molar-refractivity contribution in [3.63, 3.8) is 0 Å². The molecule has 2 saturated carbocycles. The summed E-state index contributed by atoms with van der Waals surface area (Å²) in [6.07, 6.45) is -5.89. The van der Waals surface area contributed by atoms with E-state index < -0.39 is 82.1 Å². The molecule has 1 aromatic carbocycles. The van der Waals surface area contributed by atoms with Crippen LogP contribution in [-0.4, -0.2) is 88.0 Å². The van der Waals surface area contributed by atoms with Crippen LogP contribution in [0.1, 0.15) is 78.6 Å². The fraction of sp³-hybridized carbons (Fsp3) is 0.686. The molecule has 1 aromatic rings. The highest BCUT2D eigenvalue weighted by Gasteiger charge is 2.76. The van der Waals surface area contributed by atoms with Gasteiger partial charge in [-0.25, -0.2) is 4.79 Å². The summed E-state index contributed by atoms with van der Waals surface area (Å²) in [6, 6.07) is 8.28. The predicted molar refractivity (Wildman–Crippen MR) is 163 cm³/mol. The van der Waals surface area contributed by atoms with Crippen LogP contribution in [0.25, 0.3) is 0 Å². The van der Waals surface area contributed by atoms with Crippen LogP contribution in [-0.2, 0) is 28.5 Å². The van der Waals surface area contributed by atoms with E-state index in [1.165, 1.54) is 0 Å². The largest absolute Gasteiger partial charge is 0.458 e. The van der Waals surface area contributed by atoms with Gasteiger partial charge in [-0.15, -0.1) is 0 Å². The Labute approximate surface area is 265 Å². The van der Waals surface area contributed by atoms with Crippen molar-refractivity contribution in [2.24, 2.45) is 28.6 Å². The van der Waals surface area contributed by atoms with E-state index in [4.69, 9.17) is 18.9 Å². The molecule has 0 aromatic heterocycles. The van der Waals surface area contributed by atoms with Crippen molar-refractivity contribution in [1.29, 1.82) is 0 Å². The van der Waals surface area contributed by atoms with Gasteiger partial charge < -0.3 is 34.3 Å². The number of hydrogen-bond acceptors (Lipinski definition) is 10. The zero-order valence-corrected chi connectivity index (χ0v) is 27.5. The Kier molecular flexibility index (Phi) is 8.66. The Hall–Kier alpha value is -2.63. The monoisotopic (exact) mass is 628 g/mol. The minimum absolute atomic E-state index is 0.0194. The molecule has 45 heavy (non-hydrogen) atoms. The van der Waals surface area contributed by atoms with Gasteiger partial charge in [0.2, 0.25) is 0 Å². The summed E-state index contributed by atoms with van der Waals surface area (Å²) in [7, 11) is 0. The quantitative estimate of drug-likeness (QED) is 0.303. The number of carbonyl (C=O) groups excluding carboxylic acids is 3. The Balaban J connectivity index is 1.76. The van der Waals surface area contributed by atoms with Crippen molar-refractivity contribution in [2.45, 2.75) is 110 Å². The Morgan fingerprint density at radius 3 is 2.27 bits per heavy atom. The van der Waals surface area contributed by atoms with E-state index >= 15 is 0 Å². The lowest BCUT2D eigenvalue weighted by Crippen LogP contribution is -2.81. The van der Waals surface area contributed by atoms with Crippen LogP contribution in [0.3, 0.4) is 0 Å². The van der Waals surface area contributed by atoms with Gasteiger partial charge in [0.15, 0.2) is 5.78 Å². The van der Waals surface area contributed by atoms with Gasteiger partial charge in [-0.2, -0.15) is 0 Å². The summed E-state index contributed by atoms with van der Waals surface area (Å²) in [4.78, 5) is 41.9. The van der Waals surface area contributed by atoms with E-state index in [-0.39, 0.29) is 43.1 Å². The molecule has 3 N–H and O–H groups in total. The molecule has 10 atom stereocenters. The van der Waals surface area contributed by atoms with Crippen LogP contribution < -0.4 is 0 Å². The van der Waals surface area contributed by atoms with Gasteiger partial charge in [-0.05, 0) is 50.0 Å². The molecule has 5 rings (SSSR count). The highest BCUT2D eigenvalue weighted by Crippen LogP contribution is 2.63. The molecule has 3 fully saturated rings. The molecule has 0 amide bonds. The van der Waals surface area contributed by atoms with Crippen LogP contribution in [0.5, 0.6) is 0 Å². The van der Waals surface area contributed by atoms with Gasteiger partial charge in [0.05, 0.1) is 35.7 Å². The van der Waals surface area contributed by atoms with Gasteiger partial charge in [0, 0.05) is 30.8 Å². The van der Waals surface area contributed by atoms with Gasteiger partial charge in [-0.3, -0.25) is 9.59 Å². The summed E-state index contributed by atoms with van der Waals surface area (Å²) >= 11 is 0. The summed E-state index contributed by atoms with van der Waals surface area (Å²) in [5.41, 5.74) is -5.85. The summed E-state index contributed by atoms with van der Waals surface area (Å²) in [5.74, 6) is -3.60. The lowest BCUT2D eigenvalue weighted by atomic mass is 9.44. The van der Waals surface area contributed by atoms with Gasteiger partial charge in [0.1, 0.15) is 29.5 Å². The predicted octanol–water partition coefficient (Wildman–Crippen LogP) is 3.40. The van der Waals surface area contributed by atoms with E-state index in [0.29, 0.717) is 5.57 Å². The summed E-state index contributed by atoms with van der Waals surface area (Å²) in [6.45, 7) is 14.1. The maximum atomic E-state index is 14.8. The van der Waals surface area contributed by atoms with Crippen LogP contribution in [0.2, 0.25) is 0 Å². The highest BCUT2D eigenvalue weighted by atomic mass is 16.6. The molecule has 1 saturated heterocycles. The van der Waals surface area contributed by atoms with E-state index in [1.54, 1.807) is 71.9 Å². The Morgan fingerprint density at radius 2 is 1.71 bits per heavy atom. The summed E-state index contributed by atoms with van der Waals surface area (Å²) in [5, 5.41) is 37.5. The third-order valence-electron chi connectivity index (χ3n) is 11.6. The average molecular weight is 629 g/mol. The minimum Gasteiger partial charge on any atom is -0.458 e. The number of fused-ring (bicyclic) bond motifs is 5. The van der Waals surface area contributed by atoms with E-state index in [0.717, 1.165) is 0 Å². The first kappa shape index (κ1) is 33.7. The molecule has 0 radical (unpaired) electrons. The highest BCUT2D eigenvalue weighted by molar-refractivity contribution is 5.94. The molecule has 10 nitrogen and oxygen atoms in total. The molecule has 1 heterocycles. The van der Waals surface area contributed by atoms with Crippen molar-refractivity contribution in [2.75, 3.05) is 13.2 Å². The Bertz CT molecular complexity index is 1370. The lowest BCUT2D eigenvalue weighted by Gasteiger charge is -2.67. The first-order chi connectivity index (χ1) is 21.0. The normalized spacial score (nSPS) is 39.5. The second-order valence-electron chi connectivity index (χ2n) is 14.5. The summed E-state index contributed by atoms with van der Waals surface area (Å²) < 4.78 is 24.3. The minimum atomic E-state index is -2.03.